The maximum atomic E-state index is 6.62. The second-order valence-corrected chi connectivity index (χ2v) is 6.55. The fourth-order valence-electron chi connectivity index (χ4n) is 3.90. The first-order chi connectivity index (χ1) is 10.3. The van der Waals surface area contributed by atoms with Crippen molar-refractivity contribution in [3.8, 4) is 0 Å². The minimum absolute atomic E-state index is 0.131. The average Bonchev–Trinajstić information content (AvgIpc) is 2.55. The van der Waals surface area contributed by atoms with E-state index in [2.05, 4.69) is 36.2 Å². The van der Waals surface area contributed by atoms with Crippen LogP contribution in [0, 0.1) is 11.8 Å². The number of hydrogen-bond donors (Lipinski definition) is 1. The standard InChI is InChI=1S/C19H26N2/c1-2-5-14-8-10-15(11-9-14)19(20)18-13-21-12-16-6-3-4-7-17(16)18/h3-4,6-7,12-15,19H,2,5,8-11,20H2,1H3. The minimum atomic E-state index is 0.131. The van der Waals surface area contributed by atoms with Crippen molar-refractivity contribution >= 4 is 10.8 Å². The summed E-state index contributed by atoms with van der Waals surface area (Å²) in [6, 6.07) is 8.59. The van der Waals surface area contributed by atoms with Gasteiger partial charge in [0, 0.05) is 23.8 Å². The van der Waals surface area contributed by atoms with Gasteiger partial charge in [-0.25, -0.2) is 0 Å². The summed E-state index contributed by atoms with van der Waals surface area (Å²) in [7, 11) is 0. The van der Waals surface area contributed by atoms with E-state index in [0.717, 1.165) is 5.92 Å². The lowest BCUT2D eigenvalue weighted by Gasteiger charge is -2.32. The molecule has 112 valence electrons. The second-order valence-electron chi connectivity index (χ2n) is 6.55. The molecule has 0 spiro atoms. The van der Waals surface area contributed by atoms with Crippen LogP contribution < -0.4 is 5.73 Å². The van der Waals surface area contributed by atoms with Crippen LogP contribution in [-0.4, -0.2) is 4.98 Å². The first-order valence-corrected chi connectivity index (χ1v) is 8.37. The summed E-state index contributed by atoms with van der Waals surface area (Å²) in [5.74, 6) is 1.55. The molecular formula is C19H26N2. The Morgan fingerprint density at radius 3 is 2.67 bits per heavy atom. The Morgan fingerprint density at radius 2 is 1.90 bits per heavy atom. The normalized spacial score (nSPS) is 24.1. The van der Waals surface area contributed by atoms with Gasteiger partial charge in [0.15, 0.2) is 0 Å². The number of nitrogens with zero attached hydrogens (tertiary/aromatic N) is 1. The van der Waals surface area contributed by atoms with Crippen molar-refractivity contribution in [3.05, 3.63) is 42.2 Å². The highest BCUT2D eigenvalue weighted by Gasteiger charge is 2.27. The number of rotatable bonds is 4. The van der Waals surface area contributed by atoms with Crippen molar-refractivity contribution in [2.45, 2.75) is 51.5 Å². The molecule has 0 amide bonds. The van der Waals surface area contributed by atoms with Crippen LogP contribution >= 0.6 is 0 Å². The molecule has 1 aliphatic rings. The van der Waals surface area contributed by atoms with Crippen molar-refractivity contribution in [3.63, 3.8) is 0 Å². The lowest BCUT2D eigenvalue weighted by Crippen LogP contribution is -2.26. The molecule has 1 unspecified atom stereocenters. The summed E-state index contributed by atoms with van der Waals surface area (Å²) < 4.78 is 0. The van der Waals surface area contributed by atoms with Crippen LogP contribution in [0.1, 0.15) is 57.1 Å². The van der Waals surface area contributed by atoms with Gasteiger partial charge in [0.1, 0.15) is 0 Å². The van der Waals surface area contributed by atoms with E-state index < -0.39 is 0 Å². The molecule has 2 heteroatoms. The van der Waals surface area contributed by atoms with Gasteiger partial charge in [-0.2, -0.15) is 0 Å². The van der Waals surface area contributed by atoms with Crippen molar-refractivity contribution in [2.24, 2.45) is 17.6 Å². The molecule has 1 heterocycles. The molecule has 1 atom stereocenters. The van der Waals surface area contributed by atoms with Crippen LogP contribution in [0.4, 0.5) is 0 Å². The lowest BCUT2D eigenvalue weighted by molar-refractivity contribution is 0.235. The van der Waals surface area contributed by atoms with Crippen molar-refractivity contribution in [1.82, 2.24) is 4.98 Å². The summed E-state index contributed by atoms with van der Waals surface area (Å²) >= 11 is 0. The van der Waals surface area contributed by atoms with Crippen molar-refractivity contribution in [1.29, 1.82) is 0 Å². The van der Waals surface area contributed by atoms with E-state index in [1.54, 1.807) is 0 Å². The van der Waals surface area contributed by atoms with E-state index in [0.29, 0.717) is 5.92 Å². The molecule has 1 fully saturated rings. The molecule has 1 aromatic heterocycles. The third-order valence-electron chi connectivity index (χ3n) is 5.15. The van der Waals surface area contributed by atoms with Gasteiger partial charge in [-0.1, -0.05) is 56.9 Å². The quantitative estimate of drug-likeness (QED) is 0.871. The van der Waals surface area contributed by atoms with Gasteiger partial charge in [0.05, 0.1) is 0 Å². The molecule has 0 radical (unpaired) electrons. The third-order valence-corrected chi connectivity index (χ3v) is 5.15. The zero-order valence-corrected chi connectivity index (χ0v) is 13.0. The molecule has 1 aromatic carbocycles. The summed E-state index contributed by atoms with van der Waals surface area (Å²) in [4.78, 5) is 4.39. The Balaban J connectivity index is 1.77. The Hall–Kier alpha value is -1.41. The molecule has 0 saturated heterocycles. The monoisotopic (exact) mass is 282 g/mol. The number of hydrogen-bond acceptors (Lipinski definition) is 2. The van der Waals surface area contributed by atoms with Crippen molar-refractivity contribution < 1.29 is 0 Å². The van der Waals surface area contributed by atoms with E-state index in [1.165, 1.54) is 54.9 Å². The Labute approximate surface area is 127 Å². The predicted octanol–water partition coefficient (Wildman–Crippen LogP) is 4.84. The fraction of sp³-hybridized carbons (Fsp3) is 0.526. The molecule has 1 aliphatic carbocycles. The van der Waals surface area contributed by atoms with Gasteiger partial charge in [-0.15, -0.1) is 0 Å². The topological polar surface area (TPSA) is 38.9 Å². The lowest BCUT2D eigenvalue weighted by atomic mass is 9.75. The Morgan fingerprint density at radius 1 is 1.14 bits per heavy atom. The summed E-state index contributed by atoms with van der Waals surface area (Å²) in [5.41, 5.74) is 7.84. The van der Waals surface area contributed by atoms with E-state index in [9.17, 15) is 0 Å². The number of benzene rings is 1. The summed E-state index contributed by atoms with van der Waals surface area (Å²) in [5, 5.41) is 2.47. The first-order valence-electron chi connectivity index (χ1n) is 8.37. The van der Waals surface area contributed by atoms with E-state index in [4.69, 9.17) is 5.73 Å². The van der Waals surface area contributed by atoms with E-state index >= 15 is 0 Å². The zero-order chi connectivity index (χ0) is 14.7. The number of aromatic nitrogens is 1. The molecule has 2 nitrogen and oxygen atoms in total. The molecule has 1 saturated carbocycles. The Bertz CT molecular complexity index is 580. The van der Waals surface area contributed by atoms with Crippen LogP contribution in [0.3, 0.4) is 0 Å². The van der Waals surface area contributed by atoms with Gasteiger partial charge in [-0.05, 0) is 35.6 Å². The SMILES string of the molecule is CCCC1CCC(C(N)c2cncc3ccccc23)CC1. The maximum absolute atomic E-state index is 6.62. The van der Waals surface area contributed by atoms with E-state index in [1.807, 2.05) is 12.4 Å². The van der Waals surface area contributed by atoms with Crippen LogP contribution in [0.5, 0.6) is 0 Å². The van der Waals surface area contributed by atoms with Crippen LogP contribution in [-0.2, 0) is 0 Å². The van der Waals surface area contributed by atoms with Gasteiger partial charge < -0.3 is 5.73 Å². The molecule has 2 aromatic rings. The van der Waals surface area contributed by atoms with E-state index in [-0.39, 0.29) is 6.04 Å². The van der Waals surface area contributed by atoms with Gasteiger partial charge >= 0.3 is 0 Å². The smallest absolute Gasteiger partial charge is 0.0346 e. The summed E-state index contributed by atoms with van der Waals surface area (Å²) in [6.07, 6.45) is 11.9. The summed E-state index contributed by atoms with van der Waals surface area (Å²) in [6.45, 7) is 2.29. The number of nitrogens with two attached hydrogens (primary N) is 1. The maximum Gasteiger partial charge on any atom is 0.0346 e. The Kier molecular flexibility index (Phi) is 4.54. The highest BCUT2D eigenvalue weighted by molar-refractivity contribution is 5.85. The molecule has 21 heavy (non-hydrogen) atoms. The molecule has 3 rings (SSSR count). The highest BCUT2D eigenvalue weighted by atomic mass is 14.7. The van der Waals surface area contributed by atoms with Crippen LogP contribution in [0.15, 0.2) is 36.7 Å². The third kappa shape index (κ3) is 3.11. The van der Waals surface area contributed by atoms with Gasteiger partial charge in [-0.3, -0.25) is 4.98 Å². The fourth-order valence-corrected chi connectivity index (χ4v) is 3.90. The first kappa shape index (κ1) is 14.5. The predicted molar refractivity (Wildman–Crippen MR) is 89.0 cm³/mol. The highest BCUT2D eigenvalue weighted by Crippen LogP contribution is 2.38. The van der Waals surface area contributed by atoms with Crippen LogP contribution in [0.2, 0.25) is 0 Å². The van der Waals surface area contributed by atoms with Crippen molar-refractivity contribution in [2.75, 3.05) is 0 Å². The molecule has 0 aliphatic heterocycles. The van der Waals surface area contributed by atoms with Gasteiger partial charge in [0.2, 0.25) is 0 Å². The molecule has 0 bridgehead atoms. The van der Waals surface area contributed by atoms with Crippen LogP contribution in [0.25, 0.3) is 10.8 Å². The number of fused-ring (bicyclic) bond motifs is 1. The average molecular weight is 282 g/mol. The number of pyridine rings is 1. The van der Waals surface area contributed by atoms with Gasteiger partial charge in [0.25, 0.3) is 0 Å². The zero-order valence-electron chi connectivity index (χ0n) is 13.0. The largest absolute Gasteiger partial charge is 0.324 e. The molecular weight excluding hydrogens is 256 g/mol. The molecule has 2 N–H and O–H groups in total. The minimum Gasteiger partial charge on any atom is -0.324 e. The second kappa shape index (κ2) is 6.57.